The Kier molecular flexibility index (Phi) is 4.35. The molecule has 5 heteroatoms. The first-order chi connectivity index (χ1) is 12.7. The molecule has 0 spiro atoms. The molecule has 1 aliphatic heterocycles. The second-order valence-corrected chi connectivity index (χ2v) is 6.29. The number of hydrogen-bond donors (Lipinski definition) is 1. The van der Waals surface area contributed by atoms with E-state index in [0.717, 1.165) is 36.6 Å². The van der Waals surface area contributed by atoms with Crippen LogP contribution in [0.5, 0.6) is 0 Å². The minimum Gasteiger partial charge on any atom is -0.325 e. The summed E-state index contributed by atoms with van der Waals surface area (Å²) in [6, 6.07) is 16.1. The molecule has 0 bridgehead atoms. The van der Waals surface area contributed by atoms with Crippen LogP contribution in [0.15, 0.2) is 60.9 Å². The molecule has 0 aliphatic carbocycles. The molecule has 1 aliphatic rings. The third-order valence-corrected chi connectivity index (χ3v) is 4.65. The van der Waals surface area contributed by atoms with Gasteiger partial charge in [0.05, 0.1) is 12.4 Å². The van der Waals surface area contributed by atoms with E-state index < -0.39 is 0 Å². The Labute approximate surface area is 152 Å². The van der Waals surface area contributed by atoms with Gasteiger partial charge in [-0.2, -0.15) is 0 Å². The average molecular weight is 344 g/mol. The summed E-state index contributed by atoms with van der Waals surface area (Å²) in [4.78, 5) is 23.3. The number of benzene rings is 2. The van der Waals surface area contributed by atoms with Crippen molar-refractivity contribution in [1.82, 2.24) is 9.97 Å². The van der Waals surface area contributed by atoms with Crippen LogP contribution in [0.25, 0.3) is 0 Å². The Hall–Kier alpha value is -3.21. The van der Waals surface area contributed by atoms with Crippen molar-refractivity contribution in [2.75, 3.05) is 16.8 Å². The maximum absolute atomic E-state index is 12.4. The molecule has 0 radical (unpaired) electrons. The molecule has 0 atom stereocenters. The number of aryl methyl sites for hydroxylation is 1. The van der Waals surface area contributed by atoms with E-state index in [1.165, 1.54) is 17.3 Å². The van der Waals surface area contributed by atoms with Gasteiger partial charge in [0.25, 0.3) is 5.91 Å². The van der Waals surface area contributed by atoms with Crippen molar-refractivity contribution in [2.45, 2.75) is 19.8 Å². The van der Waals surface area contributed by atoms with Gasteiger partial charge in [-0.3, -0.25) is 4.79 Å². The number of carbonyl (C=O) groups is 1. The van der Waals surface area contributed by atoms with Gasteiger partial charge in [0.2, 0.25) is 0 Å². The zero-order chi connectivity index (χ0) is 17.9. The summed E-state index contributed by atoms with van der Waals surface area (Å²) < 4.78 is 0. The molecule has 2 aromatic carbocycles. The Bertz CT molecular complexity index is 920. The van der Waals surface area contributed by atoms with Crippen LogP contribution in [0.1, 0.15) is 28.5 Å². The van der Waals surface area contributed by atoms with Crippen LogP contribution in [0, 0.1) is 0 Å². The highest BCUT2D eigenvalue weighted by Gasteiger charge is 2.21. The van der Waals surface area contributed by atoms with Crippen molar-refractivity contribution in [3.05, 3.63) is 77.7 Å². The summed E-state index contributed by atoms with van der Waals surface area (Å²) >= 11 is 0. The van der Waals surface area contributed by atoms with Gasteiger partial charge in [-0.15, -0.1) is 0 Å². The summed E-state index contributed by atoms with van der Waals surface area (Å²) in [6.45, 7) is 2.98. The number of fused-ring (bicyclic) bond motifs is 1. The Balaban J connectivity index is 1.48. The number of rotatable bonds is 4. The summed E-state index contributed by atoms with van der Waals surface area (Å²) in [5, 5.41) is 2.86. The number of anilines is 3. The zero-order valence-electron chi connectivity index (χ0n) is 14.6. The summed E-state index contributed by atoms with van der Waals surface area (Å²) in [5.41, 5.74) is 4.77. The van der Waals surface area contributed by atoms with Crippen molar-refractivity contribution in [1.29, 1.82) is 0 Å². The Morgan fingerprint density at radius 2 is 1.88 bits per heavy atom. The quantitative estimate of drug-likeness (QED) is 0.777. The van der Waals surface area contributed by atoms with Gasteiger partial charge in [0, 0.05) is 17.9 Å². The fourth-order valence-corrected chi connectivity index (χ4v) is 3.17. The van der Waals surface area contributed by atoms with Crippen molar-refractivity contribution in [3.63, 3.8) is 0 Å². The molecule has 5 nitrogen and oxygen atoms in total. The molecular formula is C21H20N4O. The van der Waals surface area contributed by atoms with Crippen LogP contribution < -0.4 is 10.2 Å². The fourth-order valence-electron chi connectivity index (χ4n) is 3.17. The molecule has 0 saturated heterocycles. The smallest absolute Gasteiger partial charge is 0.275 e. The van der Waals surface area contributed by atoms with Gasteiger partial charge in [0.1, 0.15) is 5.69 Å². The van der Waals surface area contributed by atoms with Crippen LogP contribution >= 0.6 is 0 Å². The van der Waals surface area contributed by atoms with Crippen LogP contribution in [0.2, 0.25) is 0 Å². The Morgan fingerprint density at radius 1 is 1.08 bits per heavy atom. The van der Waals surface area contributed by atoms with E-state index in [1.807, 2.05) is 30.3 Å². The normalized spacial score (nSPS) is 12.7. The predicted octanol–water partition coefficient (Wildman–Crippen LogP) is 3.99. The summed E-state index contributed by atoms with van der Waals surface area (Å²) in [7, 11) is 0. The first-order valence-corrected chi connectivity index (χ1v) is 8.82. The van der Waals surface area contributed by atoms with Gasteiger partial charge >= 0.3 is 0 Å². The minimum absolute atomic E-state index is 0.255. The molecular weight excluding hydrogens is 324 g/mol. The van der Waals surface area contributed by atoms with Crippen LogP contribution in [-0.2, 0) is 12.8 Å². The number of aromatic nitrogens is 2. The maximum Gasteiger partial charge on any atom is 0.275 e. The third-order valence-electron chi connectivity index (χ3n) is 4.65. The van der Waals surface area contributed by atoms with Crippen molar-refractivity contribution in [2.24, 2.45) is 0 Å². The molecule has 130 valence electrons. The number of amides is 1. The standard InChI is InChI=1S/C21H20N4O/c1-2-15-7-9-17(10-8-15)24-21(26)18-13-23-20(14-22-18)25-12-11-16-5-3-4-6-19(16)25/h3-10,13-14H,2,11-12H2,1H3,(H,24,26). The molecule has 0 unspecified atom stereocenters. The molecule has 0 fully saturated rings. The lowest BCUT2D eigenvalue weighted by Crippen LogP contribution is -2.18. The lowest BCUT2D eigenvalue weighted by atomic mass is 10.1. The average Bonchev–Trinajstić information content (AvgIpc) is 3.13. The number of nitrogens with one attached hydrogen (secondary N) is 1. The second kappa shape index (κ2) is 6.96. The molecule has 1 N–H and O–H groups in total. The highest BCUT2D eigenvalue weighted by Crippen LogP contribution is 2.32. The molecule has 4 rings (SSSR count). The zero-order valence-corrected chi connectivity index (χ0v) is 14.6. The van der Waals surface area contributed by atoms with Gasteiger partial charge in [0.15, 0.2) is 5.82 Å². The van der Waals surface area contributed by atoms with Gasteiger partial charge in [-0.1, -0.05) is 37.3 Å². The van der Waals surface area contributed by atoms with Crippen LogP contribution in [0.4, 0.5) is 17.2 Å². The van der Waals surface area contributed by atoms with Gasteiger partial charge < -0.3 is 10.2 Å². The Morgan fingerprint density at radius 3 is 2.62 bits per heavy atom. The van der Waals surface area contributed by atoms with Gasteiger partial charge in [-0.05, 0) is 42.2 Å². The topological polar surface area (TPSA) is 58.1 Å². The third kappa shape index (κ3) is 3.16. The number of nitrogens with zero attached hydrogens (tertiary/aromatic N) is 3. The van der Waals surface area contributed by atoms with E-state index in [2.05, 4.69) is 45.3 Å². The minimum atomic E-state index is -0.255. The second-order valence-electron chi connectivity index (χ2n) is 6.29. The van der Waals surface area contributed by atoms with E-state index in [4.69, 9.17) is 0 Å². The summed E-state index contributed by atoms with van der Waals surface area (Å²) in [6.07, 6.45) is 5.16. The highest BCUT2D eigenvalue weighted by molar-refractivity contribution is 6.02. The van der Waals surface area contributed by atoms with E-state index in [-0.39, 0.29) is 5.91 Å². The van der Waals surface area contributed by atoms with Crippen LogP contribution in [0.3, 0.4) is 0 Å². The lowest BCUT2D eigenvalue weighted by Gasteiger charge is -2.17. The monoisotopic (exact) mass is 344 g/mol. The first-order valence-electron chi connectivity index (χ1n) is 8.82. The first kappa shape index (κ1) is 16.3. The lowest BCUT2D eigenvalue weighted by molar-refractivity contribution is 0.102. The SMILES string of the molecule is CCc1ccc(NC(=O)c2cnc(N3CCc4ccccc43)cn2)cc1. The number of carbonyl (C=O) groups excluding carboxylic acids is 1. The van der Waals surface area contributed by atoms with E-state index >= 15 is 0 Å². The molecule has 3 aromatic rings. The van der Waals surface area contributed by atoms with E-state index in [1.54, 1.807) is 6.20 Å². The van der Waals surface area contributed by atoms with Crippen molar-refractivity contribution >= 4 is 23.1 Å². The molecule has 1 amide bonds. The largest absolute Gasteiger partial charge is 0.325 e. The highest BCUT2D eigenvalue weighted by atomic mass is 16.1. The predicted molar refractivity (Wildman–Crippen MR) is 103 cm³/mol. The van der Waals surface area contributed by atoms with E-state index in [9.17, 15) is 4.79 Å². The number of para-hydroxylation sites is 1. The van der Waals surface area contributed by atoms with Crippen molar-refractivity contribution in [3.8, 4) is 0 Å². The van der Waals surface area contributed by atoms with Gasteiger partial charge in [-0.25, -0.2) is 9.97 Å². The van der Waals surface area contributed by atoms with E-state index in [0.29, 0.717) is 5.69 Å². The summed E-state index contributed by atoms with van der Waals surface area (Å²) in [5.74, 6) is 0.508. The maximum atomic E-state index is 12.4. The molecule has 26 heavy (non-hydrogen) atoms. The molecule has 1 aromatic heterocycles. The van der Waals surface area contributed by atoms with Crippen LogP contribution in [-0.4, -0.2) is 22.4 Å². The fraction of sp³-hybridized carbons (Fsp3) is 0.190. The molecule has 0 saturated carbocycles. The number of hydrogen-bond acceptors (Lipinski definition) is 4. The molecule has 2 heterocycles. The van der Waals surface area contributed by atoms with Crippen molar-refractivity contribution < 1.29 is 4.79 Å².